The second-order valence-electron chi connectivity index (χ2n) is 4.07. The number of carbonyl (C=O) groups is 2. The van der Waals surface area contributed by atoms with Gasteiger partial charge in [0.15, 0.2) is 5.76 Å². The molecule has 0 unspecified atom stereocenters. The van der Waals surface area contributed by atoms with E-state index in [2.05, 4.69) is 4.74 Å². The number of hydrogen-bond donors (Lipinski definition) is 0. The van der Waals surface area contributed by atoms with E-state index in [9.17, 15) is 9.59 Å². The normalized spacial score (nSPS) is 10.1. The third kappa shape index (κ3) is 3.47. The van der Waals surface area contributed by atoms with Crippen molar-refractivity contribution in [2.75, 3.05) is 7.11 Å². The predicted octanol–water partition coefficient (Wildman–Crippen LogP) is 2.35. The summed E-state index contributed by atoms with van der Waals surface area (Å²) in [6, 6.07) is 10.7. The third-order valence-electron chi connectivity index (χ3n) is 2.71. The summed E-state index contributed by atoms with van der Waals surface area (Å²) < 4.78 is 14.8. The van der Waals surface area contributed by atoms with Crippen LogP contribution in [0, 0.1) is 0 Å². The minimum Gasteiger partial charge on any atom is -0.465 e. The van der Waals surface area contributed by atoms with Gasteiger partial charge in [-0.3, -0.25) is 4.79 Å². The minimum absolute atomic E-state index is 0.0941. The van der Waals surface area contributed by atoms with Crippen LogP contribution in [-0.4, -0.2) is 19.0 Å². The zero-order chi connectivity index (χ0) is 14.4. The van der Waals surface area contributed by atoms with Crippen LogP contribution in [0.5, 0.6) is 0 Å². The van der Waals surface area contributed by atoms with Crippen LogP contribution in [-0.2, 0) is 27.3 Å². The van der Waals surface area contributed by atoms with Gasteiger partial charge in [0, 0.05) is 0 Å². The molecule has 0 radical (unpaired) electrons. The molecule has 0 N–H and O–H groups in total. The maximum Gasteiger partial charge on any atom is 0.341 e. The molecule has 2 rings (SSSR count). The van der Waals surface area contributed by atoms with Gasteiger partial charge in [-0.2, -0.15) is 0 Å². The number of hydrogen-bond acceptors (Lipinski definition) is 5. The first kappa shape index (κ1) is 13.9. The molecule has 0 aliphatic heterocycles. The molecular formula is C15H14O5. The predicted molar refractivity (Wildman–Crippen MR) is 70.0 cm³/mol. The fourth-order valence-electron chi connectivity index (χ4n) is 1.70. The van der Waals surface area contributed by atoms with Gasteiger partial charge in [0.1, 0.15) is 12.2 Å². The van der Waals surface area contributed by atoms with Crippen molar-refractivity contribution in [1.29, 1.82) is 0 Å². The highest BCUT2D eigenvalue weighted by Gasteiger charge is 2.16. The zero-order valence-corrected chi connectivity index (χ0v) is 11.0. The van der Waals surface area contributed by atoms with Gasteiger partial charge in [0.2, 0.25) is 0 Å². The molecule has 0 spiro atoms. The number of carbonyl (C=O) groups excluding carboxylic acids is 2. The summed E-state index contributed by atoms with van der Waals surface area (Å²) in [6.07, 6.45) is 1.53. The lowest BCUT2D eigenvalue weighted by atomic mass is 10.2. The molecule has 0 bridgehead atoms. The van der Waals surface area contributed by atoms with Crippen LogP contribution >= 0.6 is 0 Å². The van der Waals surface area contributed by atoms with Gasteiger partial charge in [-0.05, 0) is 11.6 Å². The van der Waals surface area contributed by atoms with Crippen molar-refractivity contribution in [3.05, 3.63) is 59.5 Å². The Morgan fingerprint density at radius 3 is 2.60 bits per heavy atom. The van der Waals surface area contributed by atoms with E-state index in [1.54, 1.807) is 0 Å². The van der Waals surface area contributed by atoms with E-state index in [0.717, 1.165) is 5.56 Å². The van der Waals surface area contributed by atoms with Crippen LogP contribution < -0.4 is 0 Å². The highest BCUT2D eigenvalue weighted by molar-refractivity contribution is 5.90. The van der Waals surface area contributed by atoms with Gasteiger partial charge in [0.25, 0.3) is 0 Å². The highest BCUT2D eigenvalue weighted by atomic mass is 16.5. The average molecular weight is 274 g/mol. The number of methoxy groups -OCH3 is 1. The molecule has 0 aliphatic carbocycles. The first-order valence-electron chi connectivity index (χ1n) is 6.05. The largest absolute Gasteiger partial charge is 0.465 e. The maximum absolute atomic E-state index is 11.7. The van der Waals surface area contributed by atoms with Crippen molar-refractivity contribution >= 4 is 11.9 Å². The number of rotatable bonds is 5. The molecule has 5 heteroatoms. The minimum atomic E-state index is -0.521. The van der Waals surface area contributed by atoms with E-state index >= 15 is 0 Å². The standard InChI is InChI=1S/C15H14O5/c1-18-15(17)12-7-8-19-13(12)10-20-14(16)9-11-5-3-2-4-6-11/h2-8H,9-10H2,1H3. The van der Waals surface area contributed by atoms with E-state index in [-0.39, 0.29) is 30.3 Å². The van der Waals surface area contributed by atoms with Crippen LogP contribution in [0.25, 0.3) is 0 Å². The van der Waals surface area contributed by atoms with Gasteiger partial charge in [0.05, 0.1) is 19.8 Å². The molecule has 0 saturated carbocycles. The Hall–Kier alpha value is -2.56. The van der Waals surface area contributed by atoms with Crippen LogP contribution in [0.1, 0.15) is 21.7 Å². The average Bonchev–Trinajstić information content (AvgIpc) is 2.94. The van der Waals surface area contributed by atoms with Gasteiger partial charge in [-0.25, -0.2) is 4.79 Å². The fourth-order valence-corrected chi connectivity index (χ4v) is 1.70. The van der Waals surface area contributed by atoms with Gasteiger partial charge in [-0.15, -0.1) is 0 Å². The molecular weight excluding hydrogens is 260 g/mol. The summed E-state index contributed by atoms with van der Waals surface area (Å²) in [5.41, 5.74) is 1.13. The van der Waals surface area contributed by atoms with E-state index in [4.69, 9.17) is 9.15 Å². The third-order valence-corrected chi connectivity index (χ3v) is 2.71. The summed E-state index contributed by atoms with van der Waals surface area (Å²) >= 11 is 0. The zero-order valence-electron chi connectivity index (χ0n) is 11.0. The monoisotopic (exact) mass is 274 g/mol. The maximum atomic E-state index is 11.7. The Morgan fingerprint density at radius 1 is 1.15 bits per heavy atom. The SMILES string of the molecule is COC(=O)c1ccoc1COC(=O)Cc1ccccc1. The topological polar surface area (TPSA) is 65.7 Å². The molecule has 0 saturated heterocycles. The van der Waals surface area contributed by atoms with E-state index in [1.165, 1.54) is 19.4 Å². The van der Waals surface area contributed by atoms with Crippen LogP contribution in [0.2, 0.25) is 0 Å². The molecule has 2 aromatic rings. The summed E-state index contributed by atoms with van der Waals surface area (Å²) in [6.45, 7) is -0.0941. The smallest absolute Gasteiger partial charge is 0.341 e. The molecule has 20 heavy (non-hydrogen) atoms. The molecule has 1 heterocycles. The van der Waals surface area contributed by atoms with Crippen molar-refractivity contribution in [2.45, 2.75) is 13.0 Å². The Morgan fingerprint density at radius 2 is 1.90 bits per heavy atom. The Balaban J connectivity index is 1.91. The summed E-state index contributed by atoms with van der Waals surface area (Å²) in [7, 11) is 1.28. The molecule has 0 aliphatic rings. The van der Waals surface area contributed by atoms with Crippen molar-refractivity contribution in [2.24, 2.45) is 0 Å². The summed E-state index contributed by atoms with van der Waals surface area (Å²) in [4.78, 5) is 23.1. The highest BCUT2D eigenvalue weighted by Crippen LogP contribution is 2.13. The van der Waals surface area contributed by atoms with E-state index in [1.807, 2.05) is 30.3 Å². The molecule has 5 nitrogen and oxygen atoms in total. The van der Waals surface area contributed by atoms with Crippen LogP contribution in [0.4, 0.5) is 0 Å². The molecule has 0 atom stereocenters. The molecule has 0 fully saturated rings. The Kier molecular flexibility index (Phi) is 4.55. The van der Waals surface area contributed by atoms with Gasteiger partial charge < -0.3 is 13.9 Å². The second kappa shape index (κ2) is 6.56. The molecule has 0 amide bonds. The van der Waals surface area contributed by atoms with E-state index < -0.39 is 5.97 Å². The molecule has 104 valence electrons. The number of ether oxygens (including phenoxy) is 2. The second-order valence-corrected chi connectivity index (χ2v) is 4.07. The summed E-state index contributed by atoms with van der Waals surface area (Å²) in [5, 5.41) is 0. The van der Waals surface area contributed by atoms with Crippen LogP contribution in [0.3, 0.4) is 0 Å². The molecule has 1 aromatic carbocycles. The quantitative estimate of drug-likeness (QED) is 0.783. The summed E-state index contributed by atoms with van der Waals surface area (Å²) in [5.74, 6) is -0.630. The lowest BCUT2D eigenvalue weighted by Gasteiger charge is -2.04. The van der Waals surface area contributed by atoms with Crippen molar-refractivity contribution in [3.8, 4) is 0 Å². The first-order chi connectivity index (χ1) is 9.70. The van der Waals surface area contributed by atoms with Crippen molar-refractivity contribution in [3.63, 3.8) is 0 Å². The number of furan rings is 1. The van der Waals surface area contributed by atoms with Gasteiger partial charge in [-0.1, -0.05) is 30.3 Å². The number of benzene rings is 1. The number of esters is 2. The fraction of sp³-hybridized carbons (Fsp3) is 0.200. The van der Waals surface area contributed by atoms with Crippen molar-refractivity contribution in [1.82, 2.24) is 0 Å². The first-order valence-corrected chi connectivity index (χ1v) is 6.05. The Labute approximate surface area is 116 Å². The van der Waals surface area contributed by atoms with Gasteiger partial charge >= 0.3 is 11.9 Å². The lowest BCUT2D eigenvalue weighted by molar-refractivity contribution is -0.144. The van der Waals surface area contributed by atoms with E-state index in [0.29, 0.717) is 0 Å². The van der Waals surface area contributed by atoms with Crippen molar-refractivity contribution < 1.29 is 23.5 Å². The molecule has 1 aromatic heterocycles. The Bertz CT molecular complexity index is 585. The lowest BCUT2D eigenvalue weighted by Crippen LogP contribution is -2.10. The van der Waals surface area contributed by atoms with Crippen LogP contribution in [0.15, 0.2) is 47.1 Å².